The van der Waals surface area contributed by atoms with Crippen molar-refractivity contribution in [3.8, 4) is 11.5 Å². The highest BCUT2D eigenvalue weighted by molar-refractivity contribution is 5.69. The van der Waals surface area contributed by atoms with E-state index in [2.05, 4.69) is 0 Å². The normalized spacial score (nSPS) is 10.1. The first-order valence-electron chi connectivity index (χ1n) is 5.29. The zero-order chi connectivity index (χ0) is 12.0. The third-order valence-corrected chi connectivity index (χ3v) is 2.10. The third kappa shape index (κ3) is 4.21. The summed E-state index contributed by atoms with van der Waals surface area (Å²) in [7, 11) is 0. The summed E-state index contributed by atoms with van der Waals surface area (Å²) in [5.74, 6) is -0.344. The lowest BCUT2D eigenvalue weighted by atomic mass is 10.2. The van der Waals surface area contributed by atoms with Gasteiger partial charge in [-0.1, -0.05) is 13.3 Å². The van der Waals surface area contributed by atoms with Gasteiger partial charge in [0, 0.05) is 12.5 Å². The Labute approximate surface area is 94.5 Å². The molecule has 0 heterocycles. The van der Waals surface area contributed by atoms with Crippen LogP contribution in [0.25, 0.3) is 0 Å². The maximum Gasteiger partial charge on any atom is 0.306 e. The molecule has 2 N–H and O–H groups in total. The second-order valence-corrected chi connectivity index (χ2v) is 3.62. The summed E-state index contributed by atoms with van der Waals surface area (Å²) in [5, 5.41) is 18.4. The molecule has 1 aromatic carbocycles. The molecule has 0 fully saturated rings. The van der Waals surface area contributed by atoms with Crippen LogP contribution in [0, 0.1) is 0 Å². The summed E-state index contributed by atoms with van der Waals surface area (Å²) >= 11 is 0. The van der Waals surface area contributed by atoms with Crippen LogP contribution < -0.4 is 0 Å². The highest BCUT2D eigenvalue weighted by Gasteiger charge is 2.04. The minimum absolute atomic E-state index is 0.0420. The fourth-order valence-electron chi connectivity index (χ4n) is 1.30. The predicted molar refractivity (Wildman–Crippen MR) is 59.1 cm³/mol. The Morgan fingerprint density at radius 1 is 1.25 bits per heavy atom. The number of esters is 1. The SMILES string of the molecule is CCCCC(=O)OCc1cc(O)cc(O)c1. The van der Waals surface area contributed by atoms with Crippen molar-refractivity contribution in [3.63, 3.8) is 0 Å². The van der Waals surface area contributed by atoms with Crippen molar-refractivity contribution < 1.29 is 19.7 Å². The molecule has 0 aliphatic heterocycles. The van der Waals surface area contributed by atoms with Crippen molar-refractivity contribution in [3.05, 3.63) is 23.8 Å². The van der Waals surface area contributed by atoms with Crippen LogP contribution in [0.1, 0.15) is 31.7 Å². The van der Waals surface area contributed by atoms with Crippen molar-refractivity contribution in [2.75, 3.05) is 0 Å². The van der Waals surface area contributed by atoms with Crippen molar-refractivity contribution >= 4 is 5.97 Å². The Morgan fingerprint density at radius 3 is 2.44 bits per heavy atom. The molecule has 16 heavy (non-hydrogen) atoms. The summed E-state index contributed by atoms with van der Waals surface area (Å²) in [5.41, 5.74) is 0.572. The Kier molecular flexibility index (Phi) is 4.64. The van der Waals surface area contributed by atoms with Crippen molar-refractivity contribution in [1.82, 2.24) is 0 Å². The fourth-order valence-corrected chi connectivity index (χ4v) is 1.30. The first kappa shape index (κ1) is 12.4. The van der Waals surface area contributed by atoms with Gasteiger partial charge in [-0.2, -0.15) is 0 Å². The number of phenolic OH excluding ortho intramolecular Hbond substituents is 2. The number of phenols is 2. The van der Waals surface area contributed by atoms with E-state index in [4.69, 9.17) is 4.74 Å². The van der Waals surface area contributed by atoms with E-state index in [0.717, 1.165) is 12.8 Å². The molecular weight excluding hydrogens is 208 g/mol. The number of aromatic hydroxyl groups is 2. The topological polar surface area (TPSA) is 66.8 Å². The van der Waals surface area contributed by atoms with Gasteiger partial charge in [0.1, 0.15) is 18.1 Å². The zero-order valence-corrected chi connectivity index (χ0v) is 9.27. The van der Waals surface area contributed by atoms with Crippen LogP contribution >= 0.6 is 0 Å². The molecule has 0 unspecified atom stereocenters. The summed E-state index contributed by atoms with van der Waals surface area (Å²) in [6, 6.07) is 4.13. The molecule has 0 aliphatic carbocycles. The average Bonchev–Trinajstić information content (AvgIpc) is 2.22. The van der Waals surface area contributed by atoms with Gasteiger partial charge in [-0.25, -0.2) is 0 Å². The number of hydrogen-bond acceptors (Lipinski definition) is 4. The molecule has 0 bridgehead atoms. The third-order valence-electron chi connectivity index (χ3n) is 2.10. The van der Waals surface area contributed by atoms with Crippen molar-refractivity contribution in [2.24, 2.45) is 0 Å². The van der Waals surface area contributed by atoms with Crippen LogP contribution in [0.15, 0.2) is 18.2 Å². The summed E-state index contributed by atoms with van der Waals surface area (Å²) in [4.78, 5) is 11.2. The van der Waals surface area contributed by atoms with Crippen LogP contribution in [0.4, 0.5) is 0 Å². The molecule has 0 saturated heterocycles. The first-order valence-corrected chi connectivity index (χ1v) is 5.29. The van der Waals surface area contributed by atoms with Crippen molar-refractivity contribution in [1.29, 1.82) is 0 Å². The zero-order valence-electron chi connectivity index (χ0n) is 9.27. The Hall–Kier alpha value is -1.71. The number of ether oxygens (including phenoxy) is 1. The molecule has 0 atom stereocenters. The quantitative estimate of drug-likeness (QED) is 0.753. The van der Waals surface area contributed by atoms with Gasteiger partial charge in [0.2, 0.25) is 0 Å². The molecule has 0 spiro atoms. The standard InChI is InChI=1S/C12H16O4/c1-2-3-4-12(15)16-8-9-5-10(13)7-11(14)6-9/h5-7,13-14H,2-4,8H2,1H3. The molecule has 0 saturated carbocycles. The maximum absolute atomic E-state index is 11.2. The molecular formula is C12H16O4. The van der Waals surface area contributed by atoms with Crippen LogP contribution in [0.2, 0.25) is 0 Å². The van der Waals surface area contributed by atoms with Gasteiger partial charge in [-0.05, 0) is 24.1 Å². The highest BCUT2D eigenvalue weighted by atomic mass is 16.5. The lowest BCUT2D eigenvalue weighted by molar-refractivity contribution is -0.145. The Morgan fingerprint density at radius 2 is 1.88 bits per heavy atom. The minimum Gasteiger partial charge on any atom is -0.508 e. The number of carbonyl (C=O) groups excluding carboxylic acids is 1. The highest BCUT2D eigenvalue weighted by Crippen LogP contribution is 2.20. The molecule has 0 aromatic heterocycles. The van der Waals surface area contributed by atoms with E-state index in [1.807, 2.05) is 6.92 Å². The number of carbonyl (C=O) groups is 1. The minimum atomic E-state index is -0.260. The second-order valence-electron chi connectivity index (χ2n) is 3.62. The largest absolute Gasteiger partial charge is 0.508 e. The van der Waals surface area contributed by atoms with E-state index in [0.29, 0.717) is 12.0 Å². The van der Waals surface area contributed by atoms with Crippen molar-refractivity contribution in [2.45, 2.75) is 32.8 Å². The summed E-state index contributed by atoms with van der Waals surface area (Å²) in [6.07, 6.45) is 2.16. The van der Waals surface area contributed by atoms with Crippen LogP contribution in [-0.4, -0.2) is 16.2 Å². The van der Waals surface area contributed by atoms with E-state index in [1.165, 1.54) is 18.2 Å². The van der Waals surface area contributed by atoms with Crippen LogP contribution in [0.5, 0.6) is 11.5 Å². The maximum atomic E-state index is 11.2. The molecule has 88 valence electrons. The summed E-state index contributed by atoms with van der Waals surface area (Å²) < 4.78 is 4.98. The molecule has 0 aliphatic rings. The van der Waals surface area contributed by atoms with Gasteiger partial charge >= 0.3 is 5.97 Å². The molecule has 4 nitrogen and oxygen atoms in total. The van der Waals surface area contributed by atoms with E-state index in [9.17, 15) is 15.0 Å². The Balaban J connectivity index is 2.45. The molecule has 1 aromatic rings. The van der Waals surface area contributed by atoms with Gasteiger partial charge in [0.15, 0.2) is 0 Å². The van der Waals surface area contributed by atoms with E-state index >= 15 is 0 Å². The second kappa shape index (κ2) is 6.00. The molecule has 0 radical (unpaired) electrons. The van der Waals surface area contributed by atoms with Gasteiger partial charge < -0.3 is 14.9 Å². The van der Waals surface area contributed by atoms with Gasteiger partial charge in [-0.3, -0.25) is 4.79 Å². The molecule has 1 rings (SSSR count). The first-order chi connectivity index (χ1) is 7.61. The van der Waals surface area contributed by atoms with Crippen LogP contribution in [0.3, 0.4) is 0 Å². The average molecular weight is 224 g/mol. The molecule has 4 heteroatoms. The van der Waals surface area contributed by atoms with Gasteiger partial charge in [-0.15, -0.1) is 0 Å². The monoisotopic (exact) mass is 224 g/mol. The number of rotatable bonds is 5. The van der Waals surface area contributed by atoms with E-state index in [1.54, 1.807) is 0 Å². The molecule has 0 amide bonds. The van der Waals surface area contributed by atoms with Crippen LogP contribution in [-0.2, 0) is 16.1 Å². The predicted octanol–water partition coefficient (Wildman–Crippen LogP) is 2.33. The smallest absolute Gasteiger partial charge is 0.306 e. The Bertz CT molecular complexity index is 340. The van der Waals surface area contributed by atoms with E-state index in [-0.39, 0.29) is 24.1 Å². The number of hydrogen-bond donors (Lipinski definition) is 2. The lowest BCUT2D eigenvalue weighted by Crippen LogP contribution is -2.03. The lowest BCUT2D eigenvalue weighted by Gasteiger charge is -2.05. The van der Waals surface area contributed by atoms with E-state index < -0.39 is 0 Å². The summed E-state index contributed by atoms with van der Waals surface area (Å²) in [6.45, 7) is 2.07. The number of benzene rings is 1. The van der Waals surface area contributed by atoms with Gasteiger partial charge in [0.25, 0.3) is 0 Å². The number of unbranched alkanes of at least 4 members (excludes halogenated alkanes) is 1. The fraction of sp³-hybridized carbons (Fsp3) is 0.417. The van der Waals surface area contributed by atoms with Gasteiger partial charge in [0.05, 0.1) is 0 Å².